The molecule has 2 heterocycles. The smallest absolute Gasteiger partial charge is 0.251 e. The number of aryl methyl sites for hydroxylation is 1. The standard InChI is InChI=1S/C21H31F2N7.HI/c1-15(17-7-5-4-6-8-17)25-21(24-13-20-28-27-16(2)29(20)3)26-18-9-11-30(12-10-18)14-19(22)23;/h4-8,15,18-19H,9-14H2,1-3H3,(H2,24,25,26);1H. The molecule has 0 aliphatic carbocycles. The summed E-state index contributed by atoms with van der Waals surface area (Å²) in [7, 11) is 1.92. The average Bonchev–Trinajstić information content (AvgIpc) is 3.05. The van der Waals surface area contributed by atoms with E-state index in [0.717, 1.165) is 30.1 Å². The van der Waals surface area contributed by atoms with Gasteiger partial charge in [0.2, 0.25) is 0 Å². The first-order valence-electron chi connectivity index (χ1n) is 10.4. The molecule has 31 heavy (non-hydrogen) atoms. The summed E-state index contributed by atoms with van der Waals surface area (Å²) in [6, 6.07) is 10.4. The molecule has 1 atom stereocenters. The van der Waals surface area contributed by atoms with Gasteiger partial charge in [-0.2, -0.15) is 0 Å². The molecule has 1 aromatic carbocycles. The molecule has 1 unspecified atom stereocenters. The highest BCUT2D eigenvalue weighted by Crippen LogP contribution is 2.14. The minimum Gasteiger partial charge on any atom is -0.354 e. The van der Waals surface area contributed by atoms with Crippen molar-refractivity contribution in [3.05, 3.63) is 47.5 Å². The number of nitrogens with one attached hydrogen (secondary N) is 2. The quantitative estimate of drug-likeness (QED) is 0.317. The average molecular weight is 547 g/mol. The van der Waals surface area contributed by atoms with Gasteiger partial charge in [-0.05, 0) is 32.3 Å². The van der Waals surface area contributed by atoms with Crippen LogP contribution >= 0.6 is 24.0 Å². The lowest BCUT2D eigenvalue weighted by Gasteiger charge is -2.33. The van der Waals surface area contributed by atoms with Gasteiger partial charge >= 0.3 is 0 Å². The van der Waals surface area contributed by atoms with Crippen molar-refractivity contribution in [3.63, 3.8) is 0 Å². The highest BCUT2D eigenvalue weighted by Gasteiger charge is 2.22. The number of hydrogen-bond acceptors (Lipinski definition) is 4. The molecule has 3 rings (SSSR count). The Kier molecular flexibility index (Phi) is 10.1. The van der Waals surface area contributed by atoms with Crippen LogP contribution in [-0.2, 0) is 13.6 Å². The Morgan fingerprint density at radius 2 is 1.87 bits per heavy atom. The van der Waals surface area contributed by atoms with Gasteiger partial charge in [0.15, 0.2) is 11.8 Å². The van der Waals surface area contributed by atoms with Gasteiger partial charge in [-0.1, -0.05) is 30.3 Å². The molecule has 0 radical (unpaired) electrons. The van der Waals surface area contributed by atoms with Crippen LogP contribution in [0.1, 0.15) is 43.0 Å². The molecule has 0 spiro atoms. The van der Waals surface area contributed by atoms with Crippen molar-refractivity contribution >= 4 is 29.9 Å². The number of rotatable bonds is 7. The molecule has 1 aliphatic rings. The summed E-state index contributed by atoms with van der Waals surface area (Å²) in [5.74, 6) is 2.32. The van der Waals surface area contributed by atoms with Crippen molar-refractivity contribution < 1.29 is 8.78 Å². The van der Waals surface area contributed by atoms with E-state index in [1.54, 1.807) is 0 Å². The highest BCUT2D eigenvalue weighted by molar-refractivity contribution is 14.0. The number of aliphatic imine (C=N–C) groups is 1. The molecule has 10 heteroatoms. The van der Waals surface area contributed by atoms with Gasteiger partial charge in [0.05, 0.1) is 12.6 Å². The van der Waals surface area contributed by atoms with Gasteiger partial charge in [0, 0.05) is 26.2 Å². The summed E-state index contributed by atoms with van der Waals surface area (Å²) in [6.45, 7) is 5.56. The van der Waals surface area contributed by atoms with Crippen molar-refractivity contribution in [3.8, 4) is 0 Å². The lowest BCUT2D eigenvalue weighted by molar-refractivity contribution is 0.0744. The summed E-state index contributed by atoms with van der Waals surface area (Å²) in [6.07, 6.45) is -0.679. The lowest BCUT2D eigenvalue weighted by atomic mass is 10.1. The molecule has 1 aliphatic heterocycles. The number of likely N-dealkylation sites (tertiary alicyclic amines) is 1. The number of nitrogens with zero attached hydrogens (tertiary/aromatic N) is 5. The van der Waals surface area contributed by atoms with Gasteiger partial charge in [-0.15, -0.1) is 34.2 Å². The largest absolute Gasteiger partial charge is 0.354 e. The molecule has 7 nitrogen and oxygen atoms in total. The summed E-state index contributed by atoms with van der Waals surface area (Å²) in [4.78, 5) is 6.55. The zero-order valence-electron chi connectivity index (χ0n) is 18.3. The van der Waals surface area contributed by atoms with Gasteiger partial charge < -0.3 is 15.2 Å². The second-order valence-corrected chi connectivity index (χ2v) is 7.77. The summed E-state index contributed by atoms with van der Waals surface area (Å²) in [5, 5.41) is 15.2. The maximum Gasteiger partial charge on any atom is 0.251 e. The van der Waals surface area contributed by atoms with Crippen molar-refractivity contribution in [1.82, 2.24) is 30.3 Å². The van der Waals surface area contributed by atoms with Crippen LogP contribution in [-0.4, -0.2) is 57.7 Å². The second kappa shape index (κ2) is 12.3. The van der Waals surface area contributed by atoms with Crippen LogP contribution < -0.4 is 10.6 Å². The number of halogens is 3. The third kappa shape index (κ3) is 7.67. The van der Waals surface area contributed by atoms with E-state index in [-0.39, 0.29) is 42.6 Å². The Bertz CT molecular complexity index is 820. The predicted octanol–water partition coefficient (Wildman–Crippen LogP) is 3.27. The van der Waals surface area contributed by atoms with Crippen LogP contribution in [0.2, 0.25) is 0 Å². The third-order valence-corrected chi connectivity index (χ3v) is 5.54. The molecular weight excluding hydrogens is 515 g/mol. The third-order valence-electron chi connectivity index (χ3n) is 5.54. The second-order valence-electron chi connectivity index (χ2n) is 7.77. The van der Waals surface area contributed by atoms with Crippen LogP contribution in [0.15, 0.2) is 35.3 Å². The summed E-state index contributed by atoms with van der Waals surface area (Å²) in [5.41, 5.74) is 1.16. The van der Waals surface area contributed by atoms with E-state index in [1.807, 2.05) is 41.6 Å². The Balaban J connectivity index is 0.00000341. The van der Waals surface area contributed by atoms with E-state index in [9.17, 15) is 8.78 Å². The first kappa shape index (κ1) is 25.4. The molecule has 1 saturated heterocycles. The van der Waals surface area contributed by atoms with Crippen LogP contribution in [0.4, 0.5) is 8.78 Å². The Morgan fingerprint density at radius 1 is 1.19 bits per heavy atom. The van der Waals surface area contributed by atoms with Crippen LogP contribution in [0, 0.1) is 6.92 Å². The molecule has 2 N–H and O–H groups in total. The van der Waals surface area contributed by atoms with Crippen LogP contribution in [0.3, 0.4) is 0 Å². The SMILES string of the molecule is Cc1nnc(CN=C(NC2CCN(CC(F)F)CC2)NC(C)c2ccccc2)n1C.I. The van der Waals surface area contributed by atoms with Gasteiger partial charge in [-0.3, -0.25) is 4.90 Å². The normalized spacial score (nSPS) is 16.8. The van der Waals surface area contributed by atoms with Crippen LogP contribution in [0.5, 0.6) is 0 Å². The van der Waals surface area contributed by atoms with Gasteiger partial charge in [0.25, 0.3) is 6.43 Å². The fourth-order valence-electron chi connectivity index (χ4n) is 3.55. The topological polar surface area (TPSA) is 70.4 Å². The van der Waals surface area contributed by atoms with Crippen LogP contribution in [0.25, 0.3) is 0 Å². The molecule has 0 amide bonds. The molecule has 1 aromatic heterocycles. The maximum absolute atomic E-state index is 12.6. The number of guanidine groups is 1. The Labute approximate surface area is 199 Å². The number of piperidine rings is 1. The zero-order chi connectivity index (χ0) is 21.5. The number of aromatic nitrogens is 3. The van der Waals surface area contributed by atoms with Crippen molar-refractivity contribution in [1.29, 1.82) is 0 Å². The van der Waals surface area contributed by atoms with Gasteiger partial charge in [-0.25, -0.2) is 13.8 Å². The molecule has 0 bridgehead atoms. The van der Waals surface area contributed by atoms with Crippen molar-refractivity contribution in [2.45, 2.75) is 51.7 Å². The summed E-state index contributed by atoms with van der Waals surface area (Å²) >= 11 is 0. The van der Waals surface area contributed by atoms with E-state index in [2.05, 4.69) is 39.9 Å². The molecular formula is C21H32F2IN7. The van der Waals surface area contributed by atoms with E-state index in [4.69, 9.17) is 4.99 Å². The minimum absolute atomic E-state index is 0. The molecule has 2 aromatic rings. The van der Waals surface area contributed by atoms with E-state index < -0.39 is 6.43 Å². The lowest BCUT2D eigenvalue weighted by Crippen LogP contribution is -2.49. The van der Waals surface area contributed by atoms with Gasteiger partial charge in [0.1, 0.15) is 12.4 Å². The van der Waals surface area contributed by atoms with Crippen molar-refractivity contribution in [2.24, 2.45) is 12.0 Å². The summed E-state index contributed by atoms with van der Waals surface area (Å²) < 4.78 is 27.2. The van der Waals surface area contributed by atoms with E-state index >= 15 is 0 Å². The Morgan fingerprint density at radius 3 is 2.45 bits per heavy atom. The highest BCUT2D eigenvalue weighted by atomic mass is 127. The van der Waals surface area contributed by atoms with Crippen molar-refractivity contribution in [2.75, 3.05) is 19.6 Å². The number of hydrogen-bond donors (Lipinski definition) is 2. The number of alkyl halides is 2. The molecule has 172 valence electrons. The maximum atomic E-state index is 12.6. The van der Waals surface area contributed by atoms with E-state index in [1.165, 1.54) is 0 Å². The predicted molar refractivity (Wildman–Crippen MR) is 129 cm³/mol. The monoisotopic (exact) mass is 547 g/mol. The minimum atomic E-state index is -2.28. The Hall–Kier alpha value is -1.82. The fraction of sp³-hybridized carbons (Fsp3) is 0.571. The first-order chi connectivity index (χ1) is 14.4. The number of benzene rings is 1. The fourth-order valence-corrected chi connectivity index (χ4v) is 3.55. The first-order valence-corrected chi connectivity index (χ1v) is 10.4. The molecule has 1 fully saturated rings. The molecule has 0 saturated carbocycles. The zero-order valence-corrected chi connectivity index (χ0v) is 20.6. The van der Waals surface area contributed by atoms with E-state index in [0.29, 0.717) is 25.6 Å².